The Labute approximate surface area is 174 Å². The molecule has 0 spiro atoms. The van der Waals surface area contributed by atoms with E-state index in [-0.39, 0.29) is 29.7 Å². The van der Waals surface area contributed by atoms with E-state index in [1.807, 2.05) is 34.6 Å². The first-order valence-electron chi connectivity index (χ1n) is 10.4. The minimum Gasteiger partial charge on any atom is -0.485 e. The van der Waals surface area contributed by atoms with Crippen molar-refractivity contribution in [3.63, 3.8) is 0 Å². The molecule has 0 unspecified atom stereocenters. The van der Waals surface area contributed by atoms with Crippen LogP contribution in [0, 0.1) is 17.8 Å². The number of halogens is 1. The molecule has 1 heterocycles. The van der Waals surface area contributed by atoms with Gasteiger partial charge in [-0.15, -0.1) is 0 Å². The number of aromatic nitrogens is 1. The fourth-order valence-electron chi connectivity index (χ4n) is 2.83. The predicted molar refractivity (Wildman–Crippen MR) is 110 cm³/mol. The third-order valence-corrected chi connectivity index (χ3v) is 4.15. The molecule has 2 rings (SSSR count). The van der Waals surface area contributed by atoms with Gasteiger partial charge in [0.25, 0.3) is 5.95 Å². The maximum absolute atomic E-state index is 14.2. The molecule has 162 valence electrons. The molecule has 1 aromatic rings. The standard InChI is InChI=1S/C23H34FNO4/c1-17(2)27-14-8-13-26-12-7-6-9-18-10-11-21(22(24)25-18)28-19-15-20(16-19)29-23(3,4)5/h10-11,17,19-20H,7-8,12-16H2,1-5H3. The zero-order valence-electron chi connectivity index (χ0n) is 18.3. The molecule has 0 bridgehead atoms. The lowest BCUT2D eigenvalue weighted by Gasteiger charge is -2.39. The molecule has 5 nitrogen and oxygen atoms in total. The Balaban J connectivity index is 1.65. The Morgan fingerprint density at radius 2 is 1.90 bits per heavy atom. The number of pyridine rings is 1. The van der Waals surface area contributed by atoms with Crippen LogP contribution in [0.15, 0.2) is 12.1 Å². The van der Waals surface area contributed by atoms with Crippen molar-refractivity contribution >= 4 is 0 Å². The second-order valence-electron chi connectivity index (χ2n) is 8.49. The summed E-state index contributed by atoms with van der Waals surface area (Å²) >= 11 is 0. The Hall–Kier alpha value is -1.68. The molecule has 1 saturated carbocycles. The summed E-state index contributed by atoms with van der Waals surface area (Å²) in [5.74, 6) is 5.36. The quantitative estimate of drug-likeness (QED) is 0.324. The topological polar surface area (TPSA) is 49.8 Å². The van der Waals surface area contributed by atoms with Crippen LogP contribution in [0.25, 0.3) is 0 Å². The molecule has 1 aliphatic rings. The molecule has 0 aliphatic heterocycles. The molecule has 0 radical (unpaired) electrons. The summed E-state index contributed by atoms with van der Waals surface area (Å²) in [4.78, 5) is 3.88. The van der Waals surface area contributed by atoms with Crippen molar-refractivity contribution in [1.29, 1.82) is 0 Å². The monoisotopic (exact) mass is 407 g/mol. The summed E-state index contributed by atoms with van der Waals surface area (Å²) in [5.41, 5.74) is 0.221. The van der Waals surface area contributed by atoms with Gasteiger partial charge in [0.2, 0.25) is 0 Å². The van der Waals surface area contributed by atoms with Crippen LogP contribution in [0.5, 0.6) is 5.75 Å². The first-order valence-corrected chi connectivity index (χ1v) is 10.4. The van der Waals surface area contributed by atoms with Crippen molar-refractivity contribution in [3.05, 3.63) is 23.8 Å². The zero-order valence-corrected chi connectivity index (χ0v) is 18.3. The van der Waals surface area contributed by atoms with E-state index in [0.29, 0.717) is 31.9 Å². The van der Waals surface area contributed by atoms with Crippen LogP contribution in [0.4, 0.5) is 4.39 Å². The maximum Gasteiger partial charge on any atom is 0.256 e. The van der Waals surface area contributed by atoms with Crippen molar-refractivity contribution in [3.8, 4) is 17.6 Å². The highest BCUT2D eigenvalue weighted by Crippen LogP contribution is 2.31. The minimum atomic E-state index is -0.626. The average Bonchev–Trinajstić information content (AvgIpc) is 2.59. The van der Waals surface area contributed by atoms with E-state index >= 15 is 0 Å². The summed E-state index contributed by atoms with van der Waals surface area (Å²) < 4.78 is 36.7. The van der Waals surface area contributed by atoms with Crippen LogP contribution in [0.1, 0.15) is 66.0 Å². The van der Waals surface area contributed by atoms with Crippen LogP contribution in [-0.4, -0.2) is 48.7 Å². The van der Waals surface area contributed by atoms with Crippen molar-refractivity contribution in [2.45, 2.75) is 84.2 Å². The van der Waals surface area contributed by atoms with Gasteiger partial charge in [0, 0.05) is 32.5 Å². The lowest BCUT2D eigenvalue weighted by Crippen LogP contribution is -2.43. The average molecular weight is 408 g/mol. The fourth-order valence-corrected chi connectivity index (χ4v) is 2.83. The normalized spacial score (nSPS) is 18.9. The van der Waals surface area contributed by atoms with Gasteiger partial charge in [-0.25, -0.2) is 4.98 Å². The van der Waals surface area contributed by atoms with Gasteiger partial charge in [-0.3, -0.25) is 0 Å². The van der Waals surface area contributed by atoms with E-state index in [1.165, 1.54) is 0 Å². The van der Waals surface area contributed by atoms with E-state index in [9.17, 15) is 4.39 Å². The van der Waals surface area contributed by atoms with E-state index in [1.54, 1.807) is 12.1 Å². The molecule has 0 aromatic carbocycles. The van der Waals surface area contributed by atoms with Crippen LogP contribution in [0.3, 0.4) is 0 Å². The molecule has 1 fully saturated rings. The molecule has 0 atom stereocenters. The Morgan fingerprint density at radius 3 is 2.55 bits per heavy atom. The summed E-state index contributed by atoms with van der Waals surface area (Å²) in [7, 11) is 0. The molecule has 1 aromatic heterocycles. The van der Waals surface area contributed by atoms with Crippen molar-refractivity contribution in [1.82, 2.24) is 4.98 Å². The Kier molecular flexibility index (Phi) is 9.35. The minimum absolute atomic E-state index is 0.0290. The van der Waals surface area contributed by atoms with Gasteiger partial charge >= 0.3 is 0 Å². The van der Waals surface area contributed by atoms with Gasteiger partial charge in [-0.05, 0) is 59.1 Å². The highest BCUT2D eigenvalue weighted by atomic mass is 19.1. The van der Waals surface area contributed by atoms with Gasteiger partial charge in [-0.2, -0.15) is 4.39 Å². The zero-order chi connectivity index (χ0) is 21.3. The van der Waals surface area contributed by atoms with Gasteiger partial charge < -0.3 is 18.9 Å². The van der Waals surface area contributed by atoms with Crippen molar-refractivity contribution < 1.29 is 23.3 Å². The third-order valence-electron chi connectivity index (χ3n) is 4.15. The molecule has 0 N–H and O–H groups in total. The van der Waals surface area contributed by atoms with Crippen LogP contribution >= 0.6 is 0 Å². The molecular formula is C23H34FNO4. The van der Waals surface area contributed by atoms with E-state index in [4.69, 9.17) is 18.9 Å². The van der Waals surface area contributed by atoms with Gasteiger partial charge in [0.15, 0.2) is 5.75 Å². The Morgan fingerprint density at radius 1 is 1.14 bits per heavy atom. The molecule has 6 heteroatoms. The Bertz CT molecular complexity index is 684. The van der Waals surface area contributed by atoms with Crippen molar-refractivity contribution in [2.24, 2.45) is 0 Å². The highest BCUT2D eigenvalue weighted by Gasteiger charge is 2.35. The first-order chi connectivity index (χ1) is 13.7. The number of nitrogens with zero attached hydrogens (tertiary/aromatic N) is 1. The SMILES string of the molecule is CC(C)OCCCOCCC#Cc1ccc(OC2CC(OC(C)(C)C)C2)c(F)n1. The molecular weight excluding hydrogens is 373 g/mol. The molecule has 1 aliphatic carbocycles. The predicted octanol–water partition coefficient (Wildman–Crippen LogP) is 4.52. The lowest BCUT2D eigenvalue weighted by atomic mass is 9.91. The van der Waals surface area contributed by atoms with E-state index in [2.05, 4.69) is 16.8 Å². The van der Waals surface area contributed by atoms with Crippen LogP contribution < -0.4 is 4.74 Å². The maximum atomic E-state index is 14.2. The summed E-state index contributed by atoms with van der Waals surface area (Å²) in [6, 6.07) is 3.27. The number of ether oxygens (including phenoxy) is 4. The van der Waals surface area contributed by atoms with Crippen LogP contribution in [-0.2, 0) is 14.2 Å². The fraction of sp³-hybridized carbons (Fsp3) is 0.696. The van der Waals surface area contributed by atoms with Gasteiger partial charge in [-0.1, -0.05) is 5.92 Å². The second kappa shape index (κ2) is 11.5. The van der Waals surface area contributed by atoms with Crippen LogP contribution in [0.2, 0.25) is 0 Å². The summed E-state index contributed by atoms with van der Waals surface area (Å²) in [5, 5.41) is 0. The first kappa shape index (κ1) is 23.6. The molecule has 0 amide bonds. The second-order valence-corrected chi connectivity index (χ2v) is 8.49. The number of hydrogen-bond acceptors (Lipinski definition) is 5. The number of hydrogen-bond donors (Lipinski definition) is 0. The smallest absolute Gasteiger partial charge is 0.256 e. The molecule has 0 saturated heterocycles. The largest absolute Gasteiger partial charge is 0.485 e. The van der Waals surface area contributed by atoms with Crippen molar-refractivity contribution in [2.75, 3.05) is 19.8 Å². The van der Waals surface area contributed by atoms with E-state index in [0.717, 1.165) is 19.3 Å². The summed E-state index contributed by atoms with van der Waals surface area (Å²) in [6.07, 6.45) is 3.36. The number of rotatable bonds is 10. The highest BCUT2D eigenvalue weighted by molar-refractivity contribution is 5.32. The van der Waals surface area contributed by atoms with E-state index < -0.39 is 5.95 Å². The van der Waals surface area contributed by atoms with Gasteiger partial charge in [0.05, 0.1) is 24.4 Å². The molecule has 29 heavy (non-hydrogen) atoms. The summed E-state index contributed by atoms with van der Waals surface area (Å²) in [6.45, 7) is 12.0. The van der Waals surface area contributed by atoms with Gasteiger partial charge in [0.1, 0.15) is 11.8 Å². The third kappa shape index (κ3) is 9.58. The lowest BCUT2D eigenvalue weighted by molar-refractivity contribution is -0.127.